The lowest BCUT2D eigenvalue weighted by atomic mass is 9.92. The van der Waals surface area contributed by atoms with Gasteiger partial charge in [0.1, 0.15) is 0 Å². The molecule has 0 saturated carbocycles. The Labute approximate surface area is 130 Å². The van der Waals surface area contributed by atoms with Crippen molar-refractivity contribution in [2.45, 2.75) is 0 Å². The lowest BCUT2D eigenvalue weighted by Gasteiger charge is -2.10. The molecule has 3 rings (SSSR count). The molecule has 104 valence electrons. The number of fused-ring (bicyclic) bond motifs is 1. The summed E-state index contributed by atoms with van der Waals surface area (Å²) in [4.78, 5) is 15.6. The molecule has 3 nitrogen and oxygen atoms in total. The smallest absolute Gasteiger partial charge is 0.207 e. The molecule has 0 atom stereocenters. The van der Waals surface area contributed by atoms with Crippen molar-refractivity contribution in [1.29, 1.82) is 0 Å². The summed E-state index contributed by atoms with van der Waals surface area (Å²) in [7, 11) is 0. The summed E-state index contributed by atoms with van der Waals surface area (Å²) in [6, 6.07) is 7.50. The number of ketones is 1. The van der Waals surface area contributed by atoms with Gasteiger partial charge in [-0.2, -0.15) is 0 Å². The molecule has 21 heavy (non-hydrogen) atoms. The second-order valence-corrected chi connectivity index (χ2v) is 6.18. The fourth-order valence-corrected chi connectivity index (χ4v) is 3.08. The number of hydrogen-bond acceptors (Lipinski definition) is 4. The van der Waals surface area contributed by atoms with Gasteiger partial charge in [-0.3, -0.25) is 4.79 Å². The number of aromatic hydroxyl groups is 1. The Bertz CT molecular complexity index is 853. The number of aromatic nitrogens is 1. The van der Waals surface area contributed by atoms with Crippen molar-refractivity contribution in [3.05, 3.63) is 68.0 Å². The van der Waals surface area contributed by atoms with E-state index in [0.29, 0.717) is 20.0 Å². The third kappa shape index (κ3) is 2.79. The van der Waals surface area contributed by atoms with Gasteiger partial charge in [-0.1, -0.05) is 48.6 Å². The SMILES string of the molecule is O=C1C(=CC=Cc2sc(=S)[nH]c2O)C=Cc2ccccc21. The molecule has 0 spiro atoms. The zero-order valence-electron chi connectivity index (χ0n) is 10.9. The lowest BCUT2D eigenvalue weighted by molar-refractivity contribution is 0.103. The van der Waals surface area contributed by atoms with Crippen LogP contribution in [0.5, 0.6) is 5.88 Å². The summed E-state index contributed by atoms with van der Waals surface area (Å²) in [5.41, 5.74) is 2.26. The summed E-state index contributed by atoms with van der Waals surface area (Å²) >= 11 is 6.23. The van der Waals surface area contributed by atoms with Crippen molar-refractivity contribution in [1.82, 2.24) is 4.98 Å². The number of benzene rings is 1. The maximum absolute atomic E-state index is 12.3. The number of nitrogens with one attached hydrogen (secondary N) is 1. The fraction of sp³-hybridized carbons (Fsp3) is 0. The number of thiazole rings is 1. The van der Waals surface area contributed by atoms with E-state index in [1.54, 1.807) is 24.3 Å². The highest BCUT2D eigenvalue weighted by Crippen LogP contribution is 2.24. The highest BCUT2D eigenvalue weighted by Gasteiger charge is 2.16. The van der Waals surface area contributed by atoms with E-state index in [0.717, 1.165) is 5.56 Å². The van der Waals surface area contributed by atoms with Crippen LogP contribution in [0, 0.1) is 3.95 Å². The molecule has 2 aromatic rings. The van der Waals surface area contributed by atoms with Gasteiger partial charge in [0.05, 0.1) is 4.88 Å². The van der Waals surface area contributed by atoms with Crippen LogP contribution in [0.2, 0.25) is 0 Å². The first-order chi connectivity index (χ1) is 10.1. The third-order valence-corrected chi connectivity index (χ3v) is 4.28. The lowest BCUT2D eigenvalue weighted by Crippen LogP contribution is -2.07. The van der Waals surface area contributed by atoms with E-state index in [9.17, 15) is 9.90 Å². The zero-order chi connectivity index (χ0) is 14.8. The van der Waals surface area contributed by atoms with Crippen molar-refractivity contribution in [3.63, 3.8) is 0 Å². The number of carbonyl (C=O) groups excluding carboxylic acids is 1. The van der Waals surface area contributed by atoms with Crippen LogP contribution in [-0.2, 0) is 0 Å². The summed E-state index contributed by atoms with van der Waals surface area (Å²) < 4.78 is 0.516. The molecule has 0 fully saturated rings. The van der Waals surface area contributed by atoms with Crippen molar-refractivity contribution in [2.24, 2.45) is 0 Å². The minimum atomic E-state index is 0.00340. The van der Waals surface area contributed by atoms with Crippen LogP contribution < -0.4 is 0 Å². The molecule has 1 aromatic carbocycles. The maximum atomic E-state index is 12.3. The van der Waals surface area contributed by atoms with E-state index in [1.807, 2.05) is 30.3 Å². The van der Waals surface area contributed by atoms with E-state index < -0.39 is 0 Å². The predicted octanol–water partition coefficient (Wildman–Crippen LogP) is 4.36. The number of H-pyrrole nitrogens is 1. The number of rotatable bonds is 2. The standard InChI is InChI=1S/C16H11NO2S2/c18-14-11(9-8-10-4-1-2-6-12(10)14)5-3-7-13-15(19)17-16(20)21-13/h1-9,19H,(H,17,20). The molecule has 0 bridgehead atoms. The first-order valence-electron chi connectivity index (χ1n) is 6.27. The second kappa shape index (κ2) is 5.63. The van der Waals surface area contributed by atoms with Gasteiger partial charge in [-0.15, -0.1) is 11.3 Å². The maximum Gasteiger partial charge on any atom is 0.207 e. The average Bonchev–Trinajstić information content (AvgIpc) is 2.80. The number of allylic oxidation sites excluding steroid dienone is 4. The summed E-state index contributed by atoms with van der Waals surface area (Å²) in [6.45, 7) is 0. The van der Waals surface area contributed by atoms with Crippen molar-refractivity contribution in [2.75, 3.05) is 0 Å². The van der Waals surface area contributed by atoms with Gasteiger partial charge in [-0.05, 0) is 23.9 Å². The summed E-state index contributed by atoms with van der Waals surface area (Å²) in [5, 5.41) is 9.59. The second-order valence-electron chi connectivity index (χ2n) is 4.46. The van der Waals surface area contributed by atoms with Crippen molar-refractivity contribution < 1.29 is 9.90 Å². The van der Waals surface area contributed by atoms with Gasteiger partial charge >= 0.3 is 0 Å². The Hall–Kier alpha value is -2.24. The average molecular weight is 313 g/mol. The van der Waals surface area contributed by atoms with E-state index in [-0.39, 0.29) is 11.7 Å². The molecule has 0 amide bonds. The molecule has 0 saturated heterocycles. The monoisotopic (exact) mass is 313 g/mol. The molecule has 0 radical (unpaired) electrons. The minimum absolute atomic E-state index is 0.00340. The molecular weight excluding hydrogens is 302 g/mol. The van der Waals surface area contributed by atoms with Gasteiger partial charge in [0.25, 0.3) is 0 Å². The third-order valence-electron chi connectivity index (χ3n) is 3.09. The minimum Gasteiger partial charge on any atom is -0.494 e. The Morgan fingerprint density at radius 3 is 2.81 bits per heavy atom. The van der Waals surface area contributed by atoms with Gasteiger partial charge in [0.15, 0.2) is 9.74 Å². The predicted molar refractivity (Wildman–Crippen MR) is 88.1 cm³/mol. The van der Waals surface area contributed by atoms with Gasteiger partial charge in [0, 0.05) is 11.1 Å². The topological polar surface area (TPSA) is 53.1 Å². The Morgan fingerprint density at radius 2 is 2.05 bits per heavy atom. The fourth-order valence-electron chi connectivity index (χ4n) is 2.08. The number of Topliss-reactive ketones (excluding diaryl/α,β-unsaturated/α-hetero) is 1. The highest BCUT2D eigenvalue weighted by atomic mass is 32.1. The highest BCUT2D eigenvalue weighted by molar-refractivity contribution is 7.73. The molecule has 1 aliphatic rings. The van der Waals surface area contributed by atoms with Gasteiger partial charge in [-0.25, -0.2) is 0 Å². The van der Waals surface area contributed by atoms with Crippen LogP contribution in [0.15, 0.2) is 48.1 Å². The summed E-state index contributed by atoms with van der Waals surface area (Å²) in [6.07, 6.45) is 8.92. The van der Waals surface area contributed by atoms with E-state index >= 15 is 0 Å². The van der Waals surface area contributed by atoms with Crippen LogP contribution in [0.3, 0.4) is 0 Å². The quantitative estimate of drug-likeness (QED) is 0.640. The molecular formula is C16H11NO2S2. The first kappa shape index (κ1) is 13.7. The number of hydrogen-bond donors (Lipinski definition) is 2. The van der Waals surface area contributed by atoms with Crippen LogP contribution in [0.1, 0.15) is 20.8 Å². The van der Waals surface area contributed by atoms with Crippen LogP contribution in [-0.4, -0.2) is 15.9 Å². The first-order valence-corrected chi connectivity index (χ1v) is 7.50. The van der Waals surface area contributed by atoms with Crippen molar-refractivity contribution >= 4 is 41.5 Å². The van der Waals surface area contributed by atoms with E-state index in [2.05, 4.69) is 4.98 Å². The molecule has 5 heteroatoms. The van der Waals surface area contributed by atoms with E-state index in [1.165, 1.54) is 11.3 Å². The number of carbonyl (C=O) groups is 1. The molecule has 0 aliphatic heterocycles. The van der Waals surface area contributed by atoms with Gasteiger partial charge < -0.3 is 10.1 Å². The Morgan fingerprint density at radius 1 is 1.24 bits per heavy atom. The zero-order valence-corrected chi connectivity index (χ0v) is 12.5. The van der Waals surface area contributed by atoms with E-state index in [4.69, 9.17) is 12.2 Å². The normalized spacial score (nSPS) is 15.8. The van der Waals surface area contributed by atoms with Crippen LogP contribution in [0.4, 0.5) is 0 Å². The van der Waals surface area contributed by atoms with Crippen molar-refractivity contribution in [3.8, 4) is 5.88 Å². The Kier molecular flexibility index (Phi) is 3.68. The van der Waals surface area contributed by atoms with Crippen LogP contribution >= 0.6 is 23.6 Å². The largest absolute Gasteiger partial charge is 0.494 e. The molecule has 0 unspecified atom stereocenters. The Balaban J connectivity index is 1.87. The van der Waals surface area contributed by atoms with Gasteiger partial charge in [0.2, 0.25) is 5.88 Å². The van der Waals surface area contributed by atoms with Crippen LogP contribution in [0.25, 0.3) is 12.2 Å². The molecule has 1 aliphatic carbocycles. The number of aromatic amines is 1. The summed E-state index contributed by atoms with van der Waals surface area (Å²) in [5.74, 6) is 0.0548. The molecule has 2 N–H and O–H groups in total. The molecule has 1 aromatic heterocycles. The molecule has 1 heterocycles.